The molecule has 0 unspecified atom stereocenters. The predicted octanol–water partition coefficient (Wildman–Crippen LogP) is 0.731. The third-order valence-electron chi connectivity index (χ3n) is 1.57. The largest absolute Gasteiger partial charge is 0.464 e. The molecule has 13 heavy (non-hydrogen) atoms. The first-order valence-corrected chi connectivity index (χ1v) is 4.22. The number of benzene rings is 1. The molecule has 1 rings (SSSR count). The van der Waals surface area contributed by atoms with Gasteiger partial charge in [-0.15, -0.1) is 0 Å². The number of hydrogen-bond acceptors (Lipinski definition) is 3. The molecule has 0 aliphatic heterocycles. The number of esters is 1. The van der Waals surface area contributed by atoms with Gasteiger partial charge in [-0.3, -0.25) is 4.79 Å². The van der Waals surface area contributed by atoms with Gasteiger partial charge in [0.05, 0.1) is 6.42 Å². The van der Waals surface area contributed by atoms with Gasteiger partial charge in [0.15, 0.2) is 0 Å². The van der Waals surface area contributed by atoms with Gasteiger partial charge < -0.3 is 10.5 Å². The van der Waals surface area contributed by atoms with Crippen LogP contribution in [0.2, 0.25) is 0 Å². The molecule has 0 fully saturated rings. The Balaban J connectivity index is 2.37. The van der Waals surface area contributed by atoms with Crippen molar-refractivity contribution in [3.63, 3.8) is 0 Å². The number of hydrogen-bond donors (Lipinski definition) is 1. The van der Waals surface area contributed by atoms with Crippen LogP contribution >= 0.6 is 0 Å². The Morgan fingerprint density at radius 1 is 1.31 bits per heavy atom. The summed E-state index contributed by atoms with van der Waals surface area (Å²) in [5, 5.41) is 0. The zero-order valence-electron chi connectivity index (χ0n) is 7.40. The lowest BCUT2D eigenvalue weighted by Gasteiger charge is -2.02. The van der Waals surface area contributed by atoms with Gasteiger partial charge in [-0.1, -0.05) is 30.3 Å². The van der Waals surface area contributed by atoms with Crippen LogP contribution in [-0.4, -0.2) is 19.1 Å². The second-order valence-corrected chi connectivity index (χ2v) is 2.67. The highest BCUT2D eigenvalue weighted by Crippen LogP contribution is 2.00. The molecule has 2 N–H and O–H groups in total. The zero-order valence-corrected chi connectivity index (χ0v) is 7.40. The molecule has 0 radical (unpaired) electrons. The Bertz CT molecular complexity index is 259. The fourth-order valence-electron chi connectivity index (χ4n) is 0.986. The first-order valence-electron chi connectivity index (χ1n) is 4.22. The number of ether oxygens (including phenoxy) is 1. The molecule has 1 aromatic rings. The fourth-order valence-corrected chi connectivity index (χ4v) is 0.986. The molecule has 0 heterocycles. The second kappa shape index (κ2) is 5.32. The Labute approximate surface area is 77.5 Å². The van der Waals surface area contributed by atoms with Crippen LogP contribution in [0.25, 0.3) is 0 Å². The van der Waals surface area contributed by atoms with Crippen LogP contribution in [0.4, 0.5) is 0 Å². The Morgan fingerprint density at radius 3 is 2.62 bits per heavy atom. The molecule has 0 aromatic heterocycles. The van der Waals surface area contributed by atoms with Crippen molar-refractivity contribution in [2.45, 2.75) is 6.42 Å². The number of rotatable bonds is 4. The van der Waals surface area contributed by atoms with E-state index in [1.807, 2.05) is 30.3 Å². The lowest BCUT2D eigenvalue weighted by atomic mass is 10.2. The molecule has 0 saturated heterocycles. The molecule has 0 spiro atoms. The van der Waals surface area contributed by atoms with E-state index in [-0.39, 0.29) is 5.97 Å². The lowest BCUT2D eigenvalue weighted by molar-refractivity contribution is -0.142. The van der Waals surface area contributed by atoms with E-state index in [0.717, 1.165) is 5.56 Å². The Morgan fingerprint density at radius 2 is 2.00 bits per heavy atom. The van der Waals surface area contributed by atoms with E-state index in [1.54, 1.807) is 0 Å². The second-order valence-electron chi connectivity index (χ2n) is 2.67. The predicted molar refractivity (Wildman–Crippen MR) is 50.2 cm³/mol. The summed E-state index contributed by atoms with van der Waals surface area (Å²) in [5.41, 5.74) is 6.16. The van der Waals surface area contributed by atoms with E-state index in [4.69, 9.17) is 10.5 Å². The SMILES string of the molecule is NCCOC(=O)Cc1ccccc1. The summed E-state index contributed by atoms with van der Waals surface area (Å²) in [6.45, 7) is 0.673. The highest BCUT2D eigenvalue weighted by molar-refractivity contribution is 5.72. The summed E-state index contributed by atoms with van der Waals surface area (Å²) < 4.78 is 4.83. The summed E-state index contributed by atoms with van der Waals surface area (Å²) in [4.78, 5) is 11.1. The third-order valence-corrected chi connectivity index (χ3v) is 1.57. The van der Waals surface area contributed by atoms with Crippen molar-refractivity contribution in [3.8, 4) is 0 Å². The van der Waals surface area contributed by atoms with Crippen molar-refractivity contribution in [1.29, 1.82) is 0 Å². The molecule has 1 aromatic carbocycles. The van der Waals surface area contributed by atoms with Crippen LogP contribution in [0.3, 0.4) is 0 Å². The smallest absolute Gasteiger partial charge is 0.310 e. The van der Waals surface area contributed by atoms with Crippen LogP contribution in [0.5, 0.6) is 0 Å². The van der Waals surface area contributed by atoms with Crippen molar-refractivity contribution in [2.24, 2.45) is 5.73 Å². The van der Waals surface area contributed by atoms with Gasteiger partial charge in [-0.05, 0) is 5.56 Å². The summed E-state index contributed by atoms with van der Waals surface area (Å²) >= 11 is 0. The Kier molecular flexibility index (Phi) is 3.99. The van der Waals surface area contributed by atoms with Crippen LogP contribution in [-0.2, 0) is 16.0 Å². The van der Waals surface area contributed by atoms with Gasteiger partial charge in [0.25, 0.3) is 0 Å². The van der Waals surface area contributed by atoms with Gasteiger partial charge in [0.2, 0.25) is 0 Å². The van der Waals surface area contributed by atoms with Crippen molar-refractivity contribution in [3.05, 3.63) is 35.9 Å². The standard InChI is InChI=1S/C10H13NO2/c11-6-7-13-10(12)8-9-4-2-1-3-5-9/h1-5H,6-8,11H2. The number of carbonyl (C=O) groups excluding carboxylic acids is 1. The summed E-state index contributed by atoms with van der Waals surface area (Å²) in [7, 11) is 0. The quantitative estimate of drug-likeness (QED) is 0.693. The minimum atomic E-state index is -0.225. The normalized spacial score (nSPS) is 9.62. The van der Waals surface area contributed by atoms with Crippen LogP contribution < -0.4 is 5.73 Å². The lowest BCUT2D eigenvalue weighted by Crippen LogP contribution is -2.14. The molecule has 0 saturated carbocycles. The maximum Gasteiger partial charge on any atom is 0.310 e. The summed E-state index contributed by atoms with van der Waals surface area (Å²) in [6, 6.07) is 9.49. The average Bonchev–Trinajstić information content (AvgIpc) is 2.16. The third kappa shape index (κ3) is 3.71. The van der Waals surface area contributed by atoms with E-state index in [0.29, 0.717) is 19.6 Å². The van der Waals surface area contributed by atoms with Gasteiger partial charge in [-0.2, -0.15) is 0 Å². The van der Waals surface area contributed by atoms with E-state index in [9.17, 15) is 4.79 Å². The van der Waals surface area contributed by atoms with E-state index >= 15 is 0 Å². The van der Waals surface area contributed by atoms with Crippen LogP contribution in [0.1, 0.15) is 5.56 Å². The molecule has 0 amide bonds. The maximum absolute atomic E-state index is 11.1. The average molecular weight is 179 g/mol. The molecule has 0 atom stereocenters. The molecule has 0 aliphatic carbocycles. The van der Waals surface area contributed by atoms with E-state index in [2.05, 4.69) is 0 Å². The monoisotopic (exact) mass is 179 g/mol. The highest BCUT2D eigenvalue weighted by atomic mass is 16.5. The topological polar surface area (TPSA) is 52.3 Å². The Hall–Kier alpha value is -1.35. The van der Waals surface area contributed by atoms with Crippen molar-refractivity contribution < 1.29 is 9.53 Å². The van der Waals surface area contributed by atoms with Crippen molar-refractivity contribution in [1.82, 2.24) is 0 Å². The van der Waals surface area contributed by atoms with E-state index < -0.39 is 0 Å². The number of carbonyl (C=O) groups is 1. The summed E-state index contributed by atoms with van der Waals surface area (Å²) in [6.07, 6.45) is 0.320. The minimum Gasteiger partial charge on any atom is -0.464 e. The van der Waals surface area contributed by atoms with Gasteiger partial charge >= 0.3 is 5.97 Å². The first-order chi connectivity index (χ1) is 6.33. The molecule has 70 valence electrons. The molecule has 0 bridgehead atoms. The molecule has 3 heteroatoms. The fraction of sp³-hybridized carbons (Fsp3) is 0.300. The summed E-state index contributed by atoms with van der Waals surface area (Å²) in [5.74, 6) is -0.225. The zero-order chi connectivity index (χ0) is 9.52. The molecular formula is C10H13NO2. The van der Waals surface area contributed by atoms with Crippen molar-refractivity contribution >= 4 is 5.97 Å². The van der Waals surface area contributed by atoms with E-state index in [1.165, 1.54) is 0 Å². The van der Waals surface area contributed by atoms with Crippen molar-refractivity contribution in [2.75, 3.05) is 13.2 Å². The maximum atomic E-state index is 11.1. The minimum absolute atomic E-state index is 0.225. The molecular weight excluding hydrogens is 166 g/mol. The van der Waals surface area contributed by atoms with Crippen LogP contribution in [0, 0.1) is 0 Å². The molecule has 3 nitrogen and oxygen atoms in total. The van der Waals surface area contributed by atoms with Gasteiger partial charge in [-0.25, -0.2) is 0 Å². The molecule has 0 aliphatic rings. The van der Waals surface area contributed by atoms with Gasteiger partial charge in [0.1, 0.15) is 6.61 Å². The van der Waals surface area contributed by atoms with Crippen LogP contribution in [0.15, 0.2) is 30.3 Å². The highest BCUT2D eigenvalue weighted by Gasteiger charge is 2.02. The van der Waals surface area contributed by atoms with Gasteiger partial charge in [0, 0.05) is 6.54 Å². The first kappa shape index (κ1) is 9.74. The number of nitrogens with two attached hydrogens (primary N) is 1.